The van der Waals surface area contributed by atoms with Crippen molar-refractivity contribution in [2.75, 3.05) is 18.4 Å². The molecule has 0 radical (unpaired) electrons. The molecular weight excluding hydrogens is 380 g/mol. The highest BCUT2D eigenvalue weighted by Gasteiger charge is 2.27. The van der Waals surface area contributed by atoms with Gasteiger partial charge in [-0.05, 0) is 62.1 Å². The molecule has 1 aromatic carbocycles. The Morgan fingerprint density at radius 3 is 2.59 bits per heavy atom. The lowest BCUT2D eigenvalue weighted by molar-refractivity contribution is 0.347. The number of nitrogens with one attached hydrogen (secondary N) is 1. The van der Waals surface area contributed by atoms with E-state index in [0.717, 1.165) is 29.8 Å². The molecule has 1 saturated heterocycles. The van der Waals surface area contributed by atoms with Crippen LogP contribution in [0.1, 0.15) is 35.3 Å². The van der Waals surface area contributed by atoms with Crippen LogP contribution in [0.25, 0.3) is 0 Å². The van der Waals surface area contributed by atoms with Crippen LogP contribution >= 0.6 is 11.3 Å². The maximum absolute atomic E-state index is 12.7. The van der Waals surface area contributed by atoms with Crippen LogP contribution < -0.4 is 11.1 Å². The molecule has 27 heavy (non-hydrogen) atoms. The first-order valence-electron chi connectivity index (χ1n) is 9.09. The first kappa shape index (κ1) is 19.9. The van der Waals surface area contributed by atoms with Gasteiger partial charge in [0.2, 0.25) is 0 Å². The van der Waals surface area contributed by atoms with Crippen molar-refractivity contribution >= 4 is 33.0 Å². The average molecular weight is 407 g/mol. The summed E-state index contributed by atoms with van der Waals surface area (Å²) in [5, 5.41) is 3.07. The lowest BCUT2D eigenvalue weighted by Crippen LogP contribution is -2.35. The number of benzene rings is 1. The number of anilines is 1. The molecule has 0 unspecified atom stereocenters. The third kappa shape index (κ3) is 4.88. The summed E-state index contributed by atoms with van der Waals surface area (Å²) in [7, 11) is -3.38. The van der Waals surface area contributed by atoms with Gasteiger partial charge in [-0.25, -0.2) is 13.4 Å². The predicted octanol–water partition coefficient (Wildman–Crippen LogP) is 3.47. The summed E-state index contributed by atoms with van der Waals surface area (Å²) >= 11 is 1.27. The molecule has 0 atom stereocenters. The average Bonchev–Trinajstić information content (AvgIpc) is 3.14. The number of aryl methyl sites for hydroxylation is 2. The molecule has 0 saturated carbocycles. The number of nitrogens with two attached hydrogens (primary N) is 1. The van der Waals surface area contributed by atoms with E-state index in [4.69, 9.17) is 5.73 Å². The van der Waals surface area contributed by atoms with Crippen LogP contribution in [0.15, 0.2) is 39.5 Å². The number of aliphatic imine (C=N–C) groups is 1. The van der Waals surface area contributed by atoms with Gasteiger partial charge in [-0.15, -0.1) is 11.3 Å². The molecule has 3 N–H and O–H groups in total. The molecule has 8 heteroatoms. The van der Waals surface area contributed by atoms with Crippen molar-refractivity contribution in [3.05, 3.63) is 46.3 Å². The number of rotatable bonds is 5. The molecule has 0 amide bonds. The normalized spacial score (nSPS) is 16.4. The van der Waals surface area contributed by atoms with E-state index in [1.165, 1.54) is 22.5 Å². The number of nitrogens with zero attached hydrogens (tertiary/aromatic N) is 2. The van der Waals surface area contributed by atoms with Gasteiger partial charge in [0.25, 0.3) is 10.0 Å². The Morgan fingerprint density at radius 2 is 1.89 bits per heavy atom. The molecule has 1 aromatic heterocycles. The Bertz CT molecular complexity index is 929. The van der Waals surface area contributed by atoms with Gasteiger partial charge in [-0.2, -0.15) is 4.31 Å². The number of sulfonamides is 1. The lowest BCUT2D eigenvalue weighted by atomic mass is 10.1. The van der Waals surface area contributed by atoms with Crippen LogP contribution in [-0.2, 0) is 16.6 Å². The van der Waals surface area contributed by atoms with Crippen LogP contribution in [0, 0.1) is 13.8 Å². The second kappa shape index (κ2) is 8.41. The van der Waals surface area contributed by atoms with E-state index in [0.29, 0.717) is 29.8 Å². The Labute approximate surface area is 165 Å². The van der Waals surface area contributed by atoms with Crippen molar-refractivity contribution in [3.8, 4) is 0 Å². The van der Waals surface area contributed by atoms with Gasteiger partial charge < -0.3 is 11.1 Å². The zero-order valence-electron chi connectivity index (χ0n) is 15.7. The Hall–Kier alpha value is -1.90. The summed E-state index contributed by atoms with van der Waals surface area (Å²) in [5.41, 5.74) is 9.25. The second-order valence-corrected chi connectivity index (χ2v) is 10.1. The van der Waals surface area contributed by atoms with Gasteiger partial charge in [0.05, 0.1) is 6.54 Å². The number of hydrogen-bond acceptors (Lipinski definition) is 4. The van der Waals surface area contributed by atoms with Gasteiger partial charge in [-0.3, -0.25) is 0 Å². The van der Waals surface area contributed by atoms with Crippen molar-refractivity contribution in [1.29, 1.82) is 0 Å². The Balaban J connectivity index is 1.64. The summed E-state index contributed by atoms with van der Waals surface area (Å²) in [6.07, 6.45) is 2.97. The van der Waals surface area contributed by atoms with E-state index >= 15 is 0 Å². The summed E-state index contributed by atoms with van der Waals surface area (Å²) < 4.78 is 27.4. The molecule has 0 aliphatic carbocycles. The molecular formula is C19H26N4O2S2. The first-order chi connectivity index (χ1) is 12.9. The topological polar surface area (TPSA) is 87.8 Å². The predicted molar refractivity (Wildman–Crippen MR) is 112 cm³/mol. The molecule has 6 nitrogen and oxygen atoms in total. The van der Waals surface area contributed by atoms with Crippen molar-refractivity contribution < 1.29 is 8.42 Å². The third-order valence-electron chi connectivity index (χ3n) is 4.73. The summed E-state index contributed by atoms with van der Waals surface area (Å²) in [6.45, 7) is 5.68. The quantitative estimate of drug-likeness (QED) is 0.588. The number of piperidine rings is 1. The Morgan fingerprint density at radius 1 is 1.15 bits per heavy atom. The van der Waals surface area contributed by atoms with Gasteiger partial charge in [0.1, 0.15) is 4.21 Å². The molecule has 1 aliphatic rings. The smallest absolute Gasteiger partial charge is 0.252 e. The van der Waals surface area contributed by atoms with Crippen molar-refractivity contribution in [2.45, 2.75) is 43.9 Å². The van der Waals surface area contributed by atoms with E-state index in [1.54, 1.807) is 10.4 Å². The first-order valence-corrected chi connectivity index (χ1v) is 11.3. The maximum Gasteiger partial charge on any atom is 0.252 e. The maximum atomic E-state index is 12.7. The minimum absolute atomic E-state index is 0.312. The van der Waals surface area contributed by atoms with E-state index in [9.17, 15) is 8.42 Å². The molecule has 3 rings (SSSR count). The van der Waals surface area contributed by atoms with Gasteiger partial charge >= 0.3 is 0 Å². The molecule has 2 aromatic rings. The van der Waals surface area contributed by atoms with Crippen LogP contribution in [0.4, 0.5) is 5.69 Å². The van der Waals surface area contributed by atoms with Crippen LogP contribution in [0.3, 0.4) is 0 Å². The standard InChI is InChI=1S/C19H26N4O2S2/c1-14-6-7-16(12-15(14)2)22-19(20)21-13-17-8-9-18(26-17)27(24,25)23-10-4-3-5-11-23/h6-9,12H,3-5,10-11,13H2,1-2H3,(H3,20,21,22). The summed E-state index contributed by atoms with van der Waals surface area (Å²) in [5.74, 6) is 0.312. The van der Waals surface area contributed by atoms with E-state index < -0.39 is 10.0 Å². The van der Waals surface area contributed by atoms with E-state index in [-0.39, 0.29) is 0 Å². The molecule has 2 heterocycles. The highest BCUT2D eigenvalue weighted by Crippen LogP contribution is 2.27. The monoisotopic (exact) mass is 406 g/mol. The van der Waals surface area contributed by atoms with Gasteiger partial charge in [0.15, 0.2) is 5.96 Å². The van der Waals surface area contributed by atoms with Crippen LogP contribution in [-0.4, -0.2) is 31.8 Å². The highest BCUT2D eigenvalue weighted by molar-refractivity contribution is 7.91. The van der Waals surface area contributed by atoms with Crippen molar-refractivity contribution in [3.63, 3.8) is 0 Å². The number of thiophene rings is 1. The fourth-order valence-corrected chi connectivity index (χ4v) is 5.94. The summed E-state index contributed by atoms with van der Waals surface area (Å²) in [6, 6.07) is 9.49. The van der Waals surface area contributed by atoms with E-state index in [2.05, 4.69) is 17.2 Å². The molecule has 0 bridgehead atoms. The Kier molecular flexibility index (Phi) is 6.18. The van der Waals surface area contributed by atoms with Crippen molar-refractivity contribution in [1.82, 2.24) is 4.31 Å². The lowest BCUT2D eigenvalue weighted by Gasteiger charge is -2.25. The highest BCUT2D eigenvalue weighted by atomic mass is 32.2. The third-order valence-corrected chi connectivity index (χ3v) is 8.17. The summed E-state index contributed by atoms with van der Waals surface area (Å²) in [4.78, 5) is 5.21. The number of guanidine groups is 1. The zero-order chi connectivity index (χ0) is 19.4. The minimum Gasteiger partial charge on any atom is -0.370 e. The second-order valence-electron chi connectivity index (χ2n) is 6.81. The molecule has 0 spiro atoms. The fourth-order valence-electron chi connectivity index (χ4n) is 2.98. The van der Waals surface area contributed by atoms with Crippen LogP contribution in [0.5, 0.6) is 0 Å². The SMILES string of the molecule is Cc1ccc(NC(N)=NCc2ccc(S(=O)(=O)N3CCCCC3)s2)cc1C. The minimum atomic E-state index is -3.38. The zero-order valence-corrected chi connectivity index (χ0v) is 17.4. The van der Waals surface area contributed by atoms with Gasteiger partial charge in [-0.1, -0.05) is 12.5 Å². The van der Waals surface area contributed by atoms with Crippen molar-refractivity contribution in [2.24, 2.45) is 10.7 Å². The molecule has 1 fully saturated rings. The molecule has 1 aliphatic heterocycles. The fraction of sp³-hybridized carbons (Fsp3) is 0.421. The number of hydrogen-bond donors (Lipinski definition) is 2. The molecule has 146 valence electrons. The largest absolute Gasteiger partial charge is 0.370 e. The van der Waals surface area contributed by atoms with E-state index in [1.807, 2.05) is 31.2 Å². The van der Waals surface area contributed by atoms with Crippen LogP contribution in [0.2, 0.25) is 0 Å². The van der Waals surface area contributed by atoms with Gasteiger partial charge in [0, 0.05) is 23.7 Å².